The van der Waals surface area contributed by atoms with Gasteiger partial charge in [0.05, 0.1) is 46.2 Å². The zero-order valence-corrected chi connectivity index (χ0v) is 11.7. The summed E-state index contributed by atoms with van der Waals surface area (Å²) < 4.78 is 15.6. The number of rotatable bonds is 4. The number of ether oxygens (including phenoxy) is 3. The van der Waals surface area contributed by atoms with Crippen molar-refractivity contribution in [3.8, 4) is 17.2 Å². The van der Waals surface area contributed by atoms with Crippen molar-refractivity contribution < 1.29 is 24.1 Å². The topological polar surface area (TPSA) is 80.3 Å². The Morgan fingerprint density at radius 1 is 1.20 bits per heavy atom. The van der Waals surface area contributed by atoms with Crippen molar-refractivity contribution in [3.63, 3.8) is 0 Å². The van der Waals surface area contributed by atoms with Crippen LogP contribution in [0, 0.1) is 0 Å². The fourth-order valence-corrected chi connectivity index (χ4v) is 1.98. The maximum atomic E-state index is 11.9. The number of amides is 2. The number of nitrogens with zero attached hydrogens (tertiary/aromatic N) is 1. The molecule has 2 amide bonds. The second-order valence-electron chi connectivity index (χ2n) is 4.40. The number of aliphatic hydroxyl groups is 1. The normalized spacial score (nSPS) is 14.5. The predicted octanol–water partition coefficient (Wildman–Crippen LogP) is 0.921. The van der Waals surface area contributed by atoms with E-state index in [0.29, 0.717) is 36.0 Å². The summed E-state index contributed by atoms with van der Waals surface area (Å²) in [6.07, 6.45) is -0.430. The van der Waals surface area contributed by atoms with Gasteiger partial charge in [0.25, 0.3) is 0 Å². The first-order valence-corrected chi connectivity index (χ1v) is 6.13. The van der Waals surface area contributed by atoms with Crippen LogP contribution in [-0.4, -0.2) is 56.6 Å². The average Bonchev–Trinajstić information content (AvgIpc) is 2.42. The molecule has 2 N–H and O–H groups in total. The van der Waals surface area contributed by atoms with Crippen molar-refractivity contribution >= 4 is 11.7 Å². The lowest BCUT2D eigenvalue weighted by Crippen LogP contribution is -2.54. The molecule has 7 heteroatoms. The number of anilines is 1. The van der Waals surface area contributed by atoms with Crippen LogP contribution in [0.25, 0.3) is 0 Å². The molecule has 0 bridgehead atoms. The maximum Gasteiger partial charge on any atom is 0.322 e. The Morgan fingerprint density at radius 2 is 1.75 bits per heavy atom. The molecule has 0 aliphatic carbocycles. The molecule has 110 valence electrons. The highest BCUT2D eigenvalue weighted by molar-refractivity contribution is 5.90. The third-order valence-corrected chi connectivity index (χ3v) is 3.07. The zero-order chi connectivity index (χ0) is 14.7. The Hall–Kier alpha value is -2.15. The quantitative estimate of drug-likeness (QED) is 0.858. The summed E-state index contributed by atoms with van der Waals surface area (Å²) >= 11 is 0. The second kappa shape index (κ2) is 5.87. The van der Waals surface area contributed by atoms with E-state index in [0.717, 1.165) is 0 Å². The van der Waals surface area contributed by atoms with Gasteiger partial charge in [-0.3, -0.25) is 0 Å². The van der Waals surface area contributed by atoms with Crippen LogP contribution in [0.2, 0.25) is 0 Å². The maximum absolute atomic E-state index is 11.9. The first kappa shape index (κ1) is 14.3. The molecule has 1 fully saturated rings. The van der Waals surface area contributed by atoms with Crippen LogP contribution < -0.4 is 19.5 Å². The Morgan fingerprint density at radius 3 is 2.15 bits per heavy atom. The van der Waals surface area contributed by atoms with E-state index in [1.807, 2.05) is 0 Å². The minimum Gasteiger partial charge on any atom is -0.493 e. The molecule has 1 aliphatic rings. The number of hydrogen-bond acceptors (Lipinski definition) is 5. The lowest BCUT2D eigenvalue weighted by Gasteiger charge is -2.35. The van der Waals surface area contributed by atoms with Gasteiger partial charge in [-0.1, -0.05) is 0 Å². The number of hydrogen-bond donors (Lipinski definition) is 2. The molecular weight excluding hydrogens is 264 g/mol. The molecule has 0 saturated carbocycles. The molecule has 0 radical (unpaired) electrons. The minimum atomic E-state index is -0.430. The Labute approximate surface area is 117 Å². The van der Waals surface area contributed by atoms with Crippen LogP contribution in [0.15, 0.2) is 12.1 Å². The first-order valence-electron chi connectivity index (χ1n) is 6.13. The SMILES string of the molecule is COc1cc(NC(=O)N2CC(O)C2)cc(OC)c1OC. The van der Waals surface area contributed by atoms with Crippen LogP contribution >= 0.6 is 0 Å². The monoisotopic (exact) mass is 282 g/mol. The molecule has 1 saturated heterocycles. The molecule has 0 unspecified atom stereocenters. The van der Waals surface area contributed by atoms with Gasteiger partial charge in [-0.15, -0.1) is 0 Å². The Balaban J connectivity index is 2.17. The van der Waals surface area contributed by atoms with Crippen LogP contribution in [0.4, 0.5) is 10.5 Å². The summed E-state index contributed by atoms with van der Waals surface area (Å²) in [7, 11) is 4.53. The molecule has 1 aromatic rings. The number of aliphatic hydroxyl groups excluding tert-OH is 1. The van der Waals surface area contributed by atoms with Gasteiger partial charge < -0.3 is 29.5 Å². The Kier molecular flexibility index (Phi) is 4.19. The smallest absolute Gasteiger partial charge is 0.322 e. The number of urea groups is 1. The number of nitrogens with one attached hydrogen (secondary N) is 1. The van der Waals surface area contributed by atoms with Crippen molar-refractivity contribution in [1.82, 2.24) is 4.90 Å². The highest BCUT2D eigenvalue weighted by Gasteiger charge is 2.29. The highest BCUT2D eigenvalue weighted by Crippen LogP contribution is 2.40. The van der Waals surface area contributed by atoms with Crippen LogP contribution in [0.5, 0.6) is 17.2 Å². The molecule has 7 nitrogen and oxygen atoms in total. The third-order valence-electron chi connectivity index (χ3n) is 3.07. The molecule has 20 heavy (non-hydrogen) atoms. The highest BCUT2D eigenvalue weighted by atomic mass is 16.5. The number of benzene rings is 1. The standard InChI is InChI=1S/C13H18N2O5/c1-18-10-4-8(5-11(19-2)12(10)20-3)14-13(17)15-6-9(16)7-15/h4-5,9,16H,6-7H2,1-3H3,(H,14,17). The molecular formula is C13H18N2O5. The van der Waals surface area contributed by atoms with E-state index in [4.69, 9.17) is 14.2 Å². The third kappa shape index (κ3) is 2.72. The summed E-state index contributed by atoms with van der Waals surface area (Å²) in [5.41, 5.74) is 0.533. The lowest BCUT2D eigenvalue weighted by molar-refractivity contribution is 0.0308. The van der Waals surface area contributed by atoms with E-state index >= 15 is 0 Å². The second-order valence-corrected chi connectivity index (χ2v) is 4.40. The van der Waals surface area contributed by atoms with Crippen molar-refractivity contribution in [3.05, 3.63) is 12.1 Å². The zero-order valence-electron chi connectivity index (χ0n) is 11.7. The van der Waals surface area contributed by atoms with E-state index in [2.05, 4.69) is 5.32 Å². The molecule has 0 atom stereocenters. The summed E-state index contributed by atoms with van der Waals surface area (Å²) in [6, 6.07) is 3.02. The first-order chi connectivity index (χ1) is 9.58. The summed E-state index contributed by atoms with van der Waals surface area (Å²) in [6.45, 7) is 0.687. The molecule has 2 rings (SSSR count). The number of methoxy groups -OCH3 is 3. The van der Waals surface area contributed by atoms with Gasteiger partial charge in [0.2, 0.25) is 5.75 Å². The van der Waals surface area contributed by atoms with Crippen LogP contribution in [0.3, 0.4) is 0 Å². The van der Waals surface area contributed by atoms with Gasteiger partial charge in [-0.2, -0.15) is 0 Å². The average molecular weight is 282 g/mol. The van der Waals surface area contributed by atoms with Gasteiger partial charge in [-0.25, -0.2) is 4.79 Å². The Bertz CT molecular complexity index is 475. The van der Waals surface area contributed by atoms with Crippen LogP contribution in [0.1, 0.15) is 0 Å². The summed E-state index contributed by atoms with van der Waals surface area (Å²) in [5, 5.41) is 11.9. The van der Waals surface area contributed by atoms with Crippen molar-refractivity contribution in [2.24, 2.45) is 0 Å². The van der Waals surface area contributed by atoms with Gasteiger partial charge in [0.15, 0.2) is 11.5 Å². The minimum absolute atomic E-state index is 0.274. The summed E-state index contributed by atoms with van der Waals surface area (Å²) in [5.74, 6) is 1.39. The predicted molar refractivity (Wildman–Crippen MR) is 72.7 cm³/mol. The lowest BCUT2D eigenvalue weighted by atomic mass is 10.2. The number of carbonyl (C=O) groups is 1. The van der Waals surface area contributed by atoms with Gasteiger partial charge >= 0.3 is 6.03 Å². The number of β-amino-alcohol motifs (C(OH)–C–C–N with tert-alkyl or cyclic N) is 1. The molecule has 1 aliphatic heterocycles. The summed E-state index contributed by atoms with van der Waals surface area (Å²) in [4.78, 5) is 13.4. The fourth-order valence-electron chi connectivity index (χ4n) is 1.98. The molecule has 0 aromatic heterocycles. The van der Waals surface area contributed by atoms with E-state index in [9.17, 15) is 9.90 Å². The molecule has 1 heterocycles. The fraction of sp³-hybridized carbons (Fsp3) is 0.462. The molecule has 0 spiro atoms. The largest absolute Gasteiger partial charge is 0.493 e. The van der Waals surface area contributed by atoms with Crippen molar-refractivity contribution in [2.75, 3.05) is 39.7 Å². The number of carbonyl (C=O) groups excluding carboxylic acids is 1. The van der Waals surface area contributed by atoms with Crippen LogP contribution in [-0.2, 0) is 0 Å². The number of likely N-dealkylation sites (tertiary alicyclic amines) is 1. The van der Waals surface area contributed by atoms with E-state index in [1.165, 1.54) is 26.2 Å². The molecule has 1 aromatic carbocycles. The van der Waals surface area contributed by atoms with Gasteiger partial charge in [-0.05, 0) is 0 Å². The van der Waals surface area contributed by atoms with E-state index < -0.39 is 6.10 Å². The van der Waals surface area contributed by atoms with E-state index in [1.54, 1.807) is 12.1 Å². The van der Waals surface area contributed by atoms with E-state index in [-0.39, 0.29) is 6.03 Å². The van der Waals surface area contributed by atoms with Crippen molar-refractivity contribution in [2.45, 2.75) is 6.10 Å². The van der Waals surface area contributed by atoms with Crippen molar-refractivity contribution in [1.29, 1.82) is 0 Å². The van der Waals surface area contributed by atoms with Gasteiger partial charge in [0.1, 0.15) is 0 Å². The van der Waals surface area contributed by atoms with Gasteiger partial charge in [0, 0.05) is 12.1 Å².